The lowest BCUT2D eigenvalue weighted by atomic mass is 9.94. The predicted molar refractivity (Wildman–Crippen MR) is 568 cm³/mol. The highest BCUT2D eigenvalue weighted by Crippen LogP contribution is 2.53. The van der Waals surface area contributed by atoms with Crippen molar-refractivity contribution in [3.05, 3.63) is 479 Å². The molecule has 0 N–H and O–H groups in total. The SMILES string of the molecule is c1ccc(-c2nc(-c3ccc(-c4ccc5nc(-c6ccccc6)c6sc(-c7ccccc7)c(-c7ccccc7)c6c5c4)cc3)cc(-c3cccc(-n4c5ccccc5c5ccccc54)c3)n2)cc1.c1ccc(-c2nc(-c3ccc(-c4ccc5nc(-c6ccccc6)c6sc(-c7ccccc7)c(-c7ccccc7)c6c5c4)cc3)nc(-c3cccc(-n4c5ccccc5c5ccccc54)c3)n2)cc1. The van der Waals surface area contributed by atoms with Gasteiger partial charge in [0.1, 0.15) is 0 Å². The van der Waals surface area contributed by atoms with Gasteiger partial charge in [0.15, 0.2) is 23.3 Å². The van der Waals surface area contributed by atoms with E-state index in [-0.39, 0.29) is 0 Å². The van der Waals surface area contributed by atoms with Crippen molar-refractivity contribution in [1.82, 2.24) is 44.0 Å². The first-order chi connectivity index (χ1) is 67.4. The van der Waals surface area contributed by atoms with Gasteiger partial charge in [-0.2, -0.15) is 0 Å². The summed E-state index contributed by atoms with van der Waals surface area (Å²) in [5.41, 5.74) is 32.1. The molecule has 0 aliphatic carbocycles. The summed E-state index contributed by atoms with van der Waals surface area (Å²) in [6, 6.07) is 169. The lowest BCUT2D eigenvalue weighted by molar-refractivity contribution is 1.07. The highest BCUT2D eigenvalue weighted by molar-refractivity contribution is 7.24. The van der Waals surface area contributed by atoms with E-state index in [1.165, 1.54) is 95.9 Å². The molecule has 0 aliphatic rings. The van der Waals surface area contributed by atoms with E-state index in [9.17, 15) is 0 Å². The van der Waals surface area contributed by atoms with Crippen LogP contribution in [0.5, 0.6) is 0 Å². The second-order valence-corrected chi connectivity index (χ2v) is 36.1. The number of para-hydroxylation sites is 4. The minimum absolute atomic E-state index is 0.611. The average Bonchev–Trinajstić information content (AvgIpc) is 1.56. The maximum Gasteiger partial charge on any atom is 0.164 e. The summed E-state index contributed by atoms with van der Waals surface area (Å²) in [6.45, 7) is 0. The maximum absolute atomic E-state index is 5.41. The van der Waals surface area contributed by atoms with Crippen LogP contribution in [-0.2, 0) is 0 Å². The van der Waals surface area contributed by atoms with Gasteiger partial charge in [-0.15, -0.1) is 22.7 Å². The number of benzene rings is 18. The van der Waals surface area contributed by atoms with E-state index in [2.05, 4.69) is 440 Å². The first-order valence-corrected chi connectivity index (χ1v) is 47.4. The molecule has 8 aromatic heterocycles. The Kier molecular flexibility index (Phi) is 20.5. The molecule has 0 bridgehead atoms. The highest BCUT2D eigenvalue weighted by atomic mass is 32.1. The fraction of sp³-hybridized carbons (Fsp3) is 0. The van der Waals surface area contributed by atoms with E-state index in [0.717, 1.165) is 134 Å². The van der Waals surface area contributed by atoms with Gasteiger partial charge in [-0.05, 0) is 123 Å². The fourth-order valence-electron chi connectivity index (χ4n) is 19.5. The van der Waals surface area contributed by atoms with Crippen molar-refractivity contribution in [2.75, 3.05) is 0 Å². The Morgan fingerprint density at radius 3 is 0.838 bits per heavy atom. The Labute approximate surface area is 793 Å². The molecule has 0 radical (unpaired) electrons. The van der Waals surface area contributed by atoms with E-state index in [1.54, 1.807) is 0 Å². The first kappa shape index (κ1) is 80.5. The van der Waals surface area contributed by atoms with Gasteiger partial charge in [-0.1, -0.05) is 400 Å². The molecule has 26 aromatic rings. The van der Waals surface area contributed by atoms with Crippen LogP contribution in [0.15, 0.2) is 479 Å². The Morgan fingerprint density at radius 1 is 0.169 bits per heavy atom. The maximum atomic E-state index is 5.41. The van der Waals surface area contributed by atoms with Crippen molar-refractivity contribution in [2.24, 2.45) is 0 Å². The van der Waals surface area contributed by atoms with Crippen molar-refractivity contribution in [1.29, 1.82) is 0 Å². The lowest BCUT2D eigenvalue weighted by Crippen LogP contribution is -2.01. The number of thiophene rings is 2. The Morgan fingerprint density at radius 2 is 0.449 bits per heavy atom. The van der Waals surface area contributed by atoms with Crippen LogP contribution in [-0.4, -0.2) is 44.0 Å². The van der Waals surface area contributed by atoms with Gasteiger partial charge in [-0.3, -0.25) is 0 Å². The monoisotopic (exact) mass is 1770 g/mol. The molecule has 0 atom stereocenters. The minimum atomic E-state index is 0.611. The molecule has 0 spiro atoms. The zero-order chi connectivity index (χ0) is 89.9. The molecular formula is C125H79N9S2. The summed E-state index contributed by atoms with van der Waals surface area (Å²) >= 11 is 3.66. The van der Waals surface area contributed by atoms with E-state index in [1.807, 2.05) is 71.2 Å². The summed E-state index contributed by atoms with van der Waals surface area (Å²) in [5, 5.41) is 9.61. The topological polar surface area (TPSA) is 100 Å². The number of nitrogens with zero attached hydrogens (tertiary/aromatic N) is 9. The molecule has 0 amide bonds. The quantitative estimate of drug-likeness (QED) is 0.0950. The van der Waals surface area contributed by atoms with Crippen LogP contribution in [0.1, 0.15) is 0 Å². The number of aromatic nitrogens is 9. The van der Waals surface area contributed by atoms with Crippen LogP contribution >= 0.6 is 22.7 Å². The highest BCUT2D eigenvalue weighted by Gasteiger charge is 2.27. The summed E-state index contributed by atoms with van der Waals surface area (Å²) in [4.78, 5) is 39.1. The van der Waals surface area contributed by atoms with Gasteiger partial charge in [-0.25, -0.2) is 34.9 Å². The third kappa shape index (κ3) is 14.7. The summed E-state index contributed by atoms with van der Waals surface area (Å²) in [6.07, 6.45) is 0. The smallest absolute Gasteiger partial charge is 0.164 e. The molecule has 9 nitrogen and oxygen atoms in total. The van der Waals surface area contributed by atoms with Gasteiger partial charge in [0, 0.05) is 120 Å². The zero-order valence-corrected chi connectivity index (χ0v) is 75.1. The normalized spacial score (nSPS) is 11.5. The molecule has 136 heavy (non-hydrogen) atoms. The van der Waals surface area contributed by atoms with Gasteiger partial charge in [0.05, 0.1) is 65.3 Å². The van der Waals surface area contributed by atoms with Crippen molar-refractivity contribution in [3.63, 3.8) is 0 Å². The Bertz CT molecular complexity index is 8410. The van der Waals surface area contributed by atoms with Gasteiger partial charge < -0.3 is 9.13 Å². The van der Waals surface area contributed by atoms with Crippen molar-refractivity contribution < 1.29 is 0 Å². The fourth-order valence-corrected chi connectivity index (χ4v) is 22.2. The Balaban J connectivity index is 0.000000145. The Hall–Kier alpha value is -17.6. The first-order valence-electron chi connectivity index (χ1n) is 45.7. The molecule has 0 unspecified atom stereocenters. The number of hydrogen-bond acceptors (Lipinski definition) is 9. The van der Waals surface area contributed by atoms with Gasteiger partial charge in [0.2, 0.25) is 0 Å². The summed E-state index contributed by atoms with van der Waals surface area (Å²) < 4.78 is 7.04. The minimum Gasteiger partial charge on any atom is -0.309 e. The number of rotatable bonds is 16. The van der Waals surface area contributed by atoms with Crippen LogP contribution < -0.4 is 0 Å². The number of hydrogen-bond donors (Lipinski definition) is 0. The largest absolute Gasteiger partial charge is 0.309 e. The molecule has 26 rings (SSSR count). The molecule has 11 heteroatoms. The molecule has 0 fully saturated rings. The average molecular weight is 1770 g/mol. The van der Waals surface area contributed by atoms with E-state index >= 15 is 0 Å². The second kappa shape index (κ2) is 34.6. The summed E-state index contributed by atoms with van der Waals surface area (Å²) in [7, 11) is 0. The molecule has 0 aliphatic heterocycles. The van der Waals surface area contributed by atoms with E-state index < -0.39 is 0 Å². The van der Waals surface area contributed by atoms with Crippen molar-refractivity contribution in [3.8, 4) is 167 Å². The number of pyridine rings is 2. The summed E-state index contributed by atoms with van der Waals surface area (Å²) in [5.74, 6) is 2.53. The van der Waals surface area contributed by atoms with Gasteiger partial charge >= 0.3 is 0 Å². The molecule has 0 saturated heterocycles. The third-order valence-electron chi connectivity index (χ3n) is 25.9. The molecule has 8 heterocycles. The van der Waals surface area contributed by atoms with Crippen LogP contribution in [0.3, 0.4) is 0 Å². The number of fused-ring (bicyclic) bond motifs is 12. The van der Waals surface area contributed by atoms with Gasteiger partial charge in [0.25, 0.3) is 0 Å². The third-order valence-corrected chi connectivity index (χ3v) is 28.4. The second-order valence-electron chi connectivity index (χ2n) is 34.1. The molecular weight excluding hydrogens is 1690 g/mol. The van der Waals surface area contributed by atoms with Crippen molar-refractivity contribution in [2.45, 2.75) is 0 Å². The zero-order valence-electron chi connectivity index (χ0n) is 73.5. The van der Waals surface area contributed by atoms with E-state index in [4.69, 9.17) is 34.9 Å². The van der Waals surface area contributed by atoms with Crippen LogP contribution in [0.4, 0.5) is 0 Å². The van der Waals surface area contributed by atoms with Crippen LogP contribution in [0, 0.1) is 0 Å². The lowest BCUT2D eigenvalue weighted by Gasteiger charge is -2.13. The standard InChI is InChI=1S/C63H40N4S.C62H39N5S/c1-5-18-43(19-6-1)58-59-52-39-47(36-37-53(52)64-60(44-20-7-2-8-21-44)62(59)68-61(58)45-22-9-3-10-23-45)41-32-34-42(35-33-41)54-40-55(66-63(65-54)46-24-11-4-12-25-46)48-26-17-27-49(38-48)67-56-30-15-13-28-50(56)51-29-14-16-31-57(51)67;1-5-18-41(19-6-1)55-56-51-39-46(36-37-52(51)63-57(42-20-7-2-8-21-42)59(56)68-58(55)43-22-9-3-10-23-43)40-32-34-45(35-33-40)61-64-60(44-24-11-4-12-25-44)65-62(66-61)47-26-17-27-48(38-47)67-53-30-15-13-28-49(53)50-29-14-16-31-54(50)67/h1-40H;1-39H. The van der Waals surface area contributed by atoms with Crippen LogP contribution in [0.25, 0.3) is 253 Å². The van der Waals surface area contributed by atoms with E-state index in [0.29, 0.717) is 23.3 Å². The molecule has 636 valence electrons. The van der Waals surface area contributed by atoms with Crippen LogP contribution in [0.2, 0.25) is 0 Å². The molecule has 0 saturated carbocycles. The van der Waals surface area contributed by atoms with Crippen molar-refractivity contribution >= 4 is 108 Å². The predicted octanol–water partition coefficient (Wildman–Crippen LogP) is 33.4. The molecule has 18 aromatic carbocycles.